The van der Waals surface area contributed by atoms with E-state index in [1.54, 1.807) is 0 Å². The molecule has 3 aromatic carbocycles. The van der Waals surface area contributed by atoms with Crippen LogP contribution in [0.15, 0.2) is 91.0 Å². The van der Waals surface area contributed by atoms with Gasteiger partial charge in [-0.05, 0) is 34.9 Å². The Bertz CT molecular complexity index is 1130. The smallest absolute Gasteiger partial charge is 0.225 e. The molecular formula is C26H23ClN2O2. The summed E-state index contributed by atoms with van der Waals surface area (Å²) in [4.78, 5) is 4.64. The van der Waals surface area contributed by atoms with Crippen LogP contribution in [0.3, 0.4) is 0 Å². The summed E-state index contributed by atoms with van der Waals surface area (Å²) >= 11 is 6.50. The summed E-state index contributed by atoms with van der Waals surface area (Å²) in [7, 11) is 0. The molecule has 0 fully saturated rings. The topological polar surface area (TPSA) is 57.4 Å². The maximum atomic E-state index is 6.50. The minimum absolute atomic E-state index is 0.386. The van der Waals surface area contributed by atoms with Gasteiger partial charge in [-0.15, -0.1) is 0 Å². The molecule has 1 heterocycles. The first kappa shape index (κ1) is 20.9. The van der Waals surface area contributed by atoms with Gasteiger partial charge in [0.1, 0.15) is 13.2 Å². The minimum atomic E-state index is 0.386. The predicted molar refractivity (Wildman–Crippen MR) is 124 cm³/mol. The number of nitrogens with two attached hydrogens (primary N) is 1. The molecule has 2 N–H and O–H groups in total. The van der Waals surface area contributed by atoms with Crippen molar-refractivity contribution in [3.63, 3.8) is 0 Å². The first-order chi connectivity index (χ1) is 15.2. The van der Waals surface area contributed by atoms with Gasteiger partial charge in [0.15, 0.2) is 0 Å². The van der Waals surface area contributed by atoms with Crippen LogP contribution in [-0.2, 0) is 19.8 Å². The normalized spacial score (nSPS) is 10.6. The number of halogens is 1. The van der Waals surface area contributed by atoms with E-state index in [0.29, 0.717) is 36.5 Å². The van der Waals surface area contributed by atoms with Crippen LogP contribution in [0.4, 0.5) is 0 Å². The second kappa shape index (κ2) is 10.1. The zero-order valence-corrected chi connectivity index (χ0v) is 17.8. The predicted octanol–water partition coefficient (Wildman–Crippen LogP) is 6.02. The second-order valence-corrected chi connectivity index (χ2v) is 7.48. The van der Waals surface area contributed by atoms with Gasteiger partial charge in [-0.3, -0.25) is 0 Å². The van der Waals surface area contributed by atoms with E-state index in [9.17, 15) is 0 Å². The highest BCUT2D eigenvalue weighted by Crippen LogP contribution is 2.36. The third-order valence-corrected chi connectivity index (χ3v) is 5.17. The van der Waals surface area contributed by atoms with Crippen molar-refractivity contribution >= 4 is 11.6 Å². The molecule has 0 spiro atoms. The lowest BCUT2D eigenvalue weighted by atomic mass is 10.0. The Morgan fingerprint density at radius 1 is 0.677 bits per heavy atom. The average molecular weight is 431 g/mol. The summed E-state index contributed by atoms with van der Waals surface area (Å²) in [5, 5.41) is 0.613. The van der Waals surface area contributed by atoms with E-state index < -0.39 is 0 Å². The maximum Gasteiger partial charge on any atom is 0.225 e. The van der Waals surface area contributed by atoms with Crippen LogP contribution in [0.1, 0.15) is 16.7 Å². The van der Waals surface area contributed by atoms with E-state index in [4.69, 9.17) is 26.8 Å². The average Bonchev–Trinajstić information content (AvgIpc) is 2.83. The monoisotopic (exact) mass is 430 g/mol. The standard InChI is InChI=1S/C26H23ClN2O2/c27-24-13-11-21(16-28)15-23(24)22-12-14-25(30-17-19-7-3-1-4-8-19)29-26(22)31-18-20-9-5-2-6-10-20/h1-15H,16-18,28H2. The van der Waals surface area contributed by atoms with Crippen molar-refractivity contribution in [3.05, 3.63) is 113 Å². The molecule has 0 saturated heterocycles. The van der Waals surface area contributed by atoms with Gasteiger partial charge < -0.3 is 15.2 Å². The third-order valence-electron chi connectivity index (χ3n) is 4.84. The van der Waals surface area contributed by atoms with Crippen LogP contribution >= 0.6 is 11.6 Å². The Hall–Kier alpha value is -3.34. The molecule has 0 radical (unpaired) electrons. The molecule has 0 atom stereocenters. The molecular weight excluding hydrogens is 408 g/mol. The van der Waals surface area contributed by atoms with Crippen molar-refractivity contribution in [2.24, 2.45) is 5.73 Å². The van der Waals surface area contributed by atoms with Gasteiger partial charge in [-0.2, -0.15) is 4.98 Å². The summed E-state index contributed by atoms with van der Waals surface area (Å²) in [6.45, 7) is 1.24. The quantitative estimate of drug-likeness (QED) is 0.371. The fourth-order valence-corrected chi connectivity index (χ4v) is 3.40. The molecule has 1 aromatic heterocycles. The third kappa shape index (κ3) is 5.43. The molecule has 4 nitrogen and oxygen atoms in total. The molecule has 156 valence electrons. The van der Waals surface area contributed by atoms with Crippen molar-refractivity contribution in [1.82, 2.24) is 4.98 Å². The molecule has 0 aliphatic heterocycles. The lowest BCUT2D eigenvalue weighted by Gasteiger charge is -2.15. The molecule has 0 aliphatic carbocycles. The highest BCUT2D eigenvalue weighted by atomic mass is 35.5. The number of aromatic nitrogens is 1. The summed E-state index contributed by atoms with van der Waals surface area (Å²) in [6, 6.07) is 29.4. The molecule has 5 heteroatoms. The first-order valence-corrected chi connectivity index (χ1v) is 10.4. The van der Waals surface area contributed by atoms with Crippen LogP contribution < -0.4 is 15.2 Å². The molecule has 0 amide bonds. The van der Waals surface area contributed by atoms with Gasteiger partial charge in [0, 0.05) is 28.8 Å². The number of pyridine rings is 1. The molecule has 4 rings (SSSR count). The Labute approximate surface area is 187 Å². The van der Waals surface area contributed by atoms with E-state index in [1.807, 2.05) is 91.0 Å². The number of rotatable bonds is 8. The van der Waals surface area contributed by atoms with Gasteiger partial charge in [0.25, 0.3) is 0 Å². The Morgan fingerprint density at radius 2 is 1.32 bits per heavy atom. The SMILES string of the molecule is NCc1ccc(Cl)c(-c2ccc(OCc3ccccc3)nc2OCc2ccccc2)c1. The molecule has 0 bridgehead atoms. The van der Waals surface area contributed by atoms with E-state index in [1.165, 1.54) is 0 Å². The van der Waals surface area contributed by atoms with E-state index in [2.05, 4.69) is 4.98 Å². The Balaban J connectivity index is 1.64. The van der Waals surface area contributed by atoms with Gasteiger partial charge >= 0.3 is 0 Å². The van der Waals surface area contributed by atoms with Gasteiger partial charge in [-0.1, -0.05) is 78.3 Å². The van der Waals surface area contributed by atoms with Crippen LogP contribution in [0.2, 0.25) is 5.02 Å². The van der Waals surface area contributed by atoms with E-state index in [0.717, 1.165) is 27.8 Å². The fraction of sp³-hybridized carbons (Fsp3) is 0.115. The van der Waals surface area contributed by atoms with Crippen molar-refractivity contribution in [3.8, 4) is 22.9 Å². The first-order valence-electron chi connectivity index (χ1n) is 10.1. The molecule has 0 aliphatic rings. The number of hydrogen-bond donors (Lipinski definition) is 1. The summed E-state index contributed by atoms with van der Waals surface area (Å²) in [5.41, 5.74) is 10.6. The lowest BCUT2D eigenvalue weighted by Crippen LogP contribution is -2.03. The summed E-state index contributed by atoms with van der Waals surface area (Å²) in [6.07, 6.45) is 0. The second-order valence-electron chi connectivity index (χ2n) is 7.07. The number of benzene rings is 3. The molecule has 0 saturated carbocycles. The van der Waals surface area contributed by atoms with Gasteiger partial charge in [-0.25, -0.2) is 0 Å². The minimum Gasteiger partial charge on any atom is -0.473 e. The van der Waals surface area contributed by atoms with Crippen LogP contribution in [0.5, 0.6) is 11.8 Å². The van der Waals surface area contributed by atoms with Gasteiger partial charge in [0.05, 0.1) is 0 Å². The number of ether oxygens (including phenoxy) is 2. The number of hydrogen-bond acceptors (Lipinski definition) is 4. The van der Waals surface area contributed by atoms with E-state index >= 15 is 0 Å². The molecule has 4 aromatic rings. The highest BCUT2D eigenvalue weighted by molar-refractivity contribution is 6.33. The van der Waals surface area contributed by atoms with Crippen LogP contribution in [0, 0.1) is 0 Å². The Kier molecular flexibility index (Phi) is 6.82. The zero-order valence-electron chi connectivity index (χ0n) is 17.0. The van der Waals surface area contributed by atoms with Crippen molar-refractivity contribution in [2.45, 2.75) is 19.8 Å². The zero-order chi connectivity index (χ0) is 21.5. The summed E-state index contributed by atoms with van der Waals surface area (Å²) < 4.78 is 12.0. The highest BCUT2D eigenvalue weighted by Gasteiger charge is 2.14. The summed E-state index contributed by atoms with van der Waals surface area (Å²) in [5.74, 6) is 0.951. The molecule has 31 heavy (non-hydrogen) atoms. The van der Waals surface area contributed by atoms with Crippen molar-refractivity contribution < 1.29 is 9.47 Å². The molecule has 0 unspecified atom stereocenters. The van der Waals surface area contributed by atoms with E-state index in [-0.39, 0.29) is 0 Å². The number of nitrogens with zero attached hydrogens (tertiary/aromatic N) is 1. The largest absolute Gasteiger partial charge is 0.473 e. The van der Waals surface area contributed by atoms with Crippen LogP contribution in [0.25, 0.3) is 11.1 Å². The Morgan fingerprint density at radius 3 is 1.97 bits per heavy atom. The van der Waals surface area contributed by atoms with Crippen molar-refractivity contribution in [1.29, 1.82) is 0 Å². The van der Waals surface area contributed by atoms with Crippen LogP contribution in [-0.4, -0.2) is 4.98 Å². The van der Waals surface area contributed by atoms with Gasteiger partial charge in [0.2, 0.25) is 11.8 Å². The fourth-order valence-electron chi connectivity index (χ4n) is 3.18. The lowest BCUT2D eigenvalue weighted by molar-refractivity contribution is 0.268. The van der Waals surface area contributed by atoms with Crippen molar-refractivity contribution in [2.75, 3.05) is 0 Å². The maximum absolute atomic E-state index is 6.50.